The average Bonchev–Trinajstić information content (AvgIpc) is 2.26. The molecule has 0 bridgehead atoms. The molecule has 2 aliphatic rings. The molecule has 4 atom stereocenters. The Morgan fingerprint density at radius 3 is 2.76 bits per heavy atom. The molecule has 0 aromatic rings. The molecule has 0 radical (unpaired) electrons. The van der Waals surface area contributed by atoms with Gasteiger partial charge in [0.05, 0.1) is 6.10 Å². The zero-order valence-electron chi connectivity index (χ0n) is 11.4. The highest BCUT2D eigenvalue weighted by atomic mass is 32.2. The summed E-state index contributed by atoms with van der Waals surface area (Å²) in [5.41, 5.74) is -0.221. The smallest absolute Gasteiger partial charge is 0.171 e. The highest BCUT2D eigenvalue weighted by Crippen LogP contribution is 2.50. The molecular weight excluding hydrogens is 232 g/mol. The van der Waals surface area contributed by atoms with Crippen LogP contribution in [0.5, 0.6) is 0 Å². The van der Waals surface area contributed by atoms with Crippen LogP contribution in [0.1, 0.15) is 53.4 Å². The minimum atomic E-state index is -0.221. The molecule has 2 rings (SSSR count). The van der Waals surface area contributed by atoms with E-state index in [2.05, 4.69) is 20.8 Å². The van der Waals surface area contributed by atoms with Crippen molar-refractivity contribution in [2.24, 2.45) is 11.8 Å². The van der Waals surface area contributed by atoms with E-state index in [1.807, 2.05) is 6.92 Å². The van der Waals surface area contributed by atoms with Crippen LogP contribution in [0.2, 0.25) is 0 Å². The van der Waals surface area contributed by atoms with Gasteiger partial charge in [-0.2, -0.15) is 0 Å². The van der Waals surface area contributed by atoms with Crippen molar-refractivity contribution in [3.8, 4) is 0 Å². The molecule has 0 N–H and O–H groups in total. The van der Waals surface area contributed by atoms with E-state index in [-0.39, 0.29) is 16.0 Å². The van der Waals surface area contributed by atoms with Crippen molar-refractivity contribution >= 4 is 17.5 Å². The van der Waals surface area contributed by atoms with Gasteiger partial charge in [-0.05, 0) is 24.7 Å². The monoisotopic (exact) mass is 256 g/mol. The van der Waals surface area contributed by atoms with Crippen LogP contribution >= 0.6 is 11.8 Å². The maximum atomic E-state index is 11.9. The minimum Gasteiger partial charge on any atom is -0.356 e. The fourth-order valence-electron chi connectivity index (χ4n) is 3.13. The number of thioether (sulfide) groups is 1. The predicted molar refractivity (Wildman–Crippen MR) is 72.1 cm³/mol. The zero-order chi connectivity index (χ0) is 12.6. The molecule has 0 aromatic heterocycles. The van der Waals surface area contributed by atoms with Gasteiger partial charge >= 0.3 is 0 Å². The molecule has 98 valence electrons. The molecule has 17 heavy (non-hydrogen) atoms. The summed E-state index contributed by atoms with van der Waals surface area (Å²) in [6, 6.07) is 0. The van der Waals surface area contributed by atoms with Gasteiger partial charge in [0.25, 0.3) is 0 Å². The lowest BCUT2D eigenvalue weighted by Gasteiger charge is -2.49. The van der Waals surface area contributed by atoms with E-state index in [4.69, 9.17) is 4.74 Å². The lowest BCUT2D eigenvalue weighted by Crippen LogP contribution is -2.50. The fourth-order valence-corrected chi connectivity index (χ4v) is 4.62. The van der Waals surface area contributed by atoms with Gasteiger partial charge in [-0.15, -0.1) is 11.8 Å². The lowest BCUT2D eigenvalue weighted by atomic mass is 9.75. The summed E-state index contributed by atoms with van der Waals surface area (Å²) in [6.45, 7) is 8.79. The molecular formula is C14H24O2S. The topological polar surface area (TPSA) is 26.3 Å². The Labute approximate surface area is 109 Å². The first-order chi connectivity index (χ1) is 7.94. The molecule has 1 heterocycles. The van der Waals surface area contributed by atoms with E-state index in [9.17, 15) is 4.79 Å². The van der Waals surface area contributed by atoms with Gasteiger partial charge in [-0.25, -0.2) is 0 Å². The van der Waals surface area contributed by atoms with E-state index in [0.717, 1.165) is 12.3 Å². The normalized spacial score (nSPS) is 40.7. The molecule has 0 spiro atoms. The average molecular weight is 256 g/mol. The van der Waals surface area contributed by atoms with Gasteiger partial charge in [0.2, 0.25) is 0 Å². The Bertz CT molecular complexity index is 301. The van der Waals surface area contributed by atoms with E-state index >= 15 is 0 Å². The molecule has 1 aliphatic carbocycles. The summed E-state index contributed by atoms with van der Waals surface area (Å²) in [7, 11) is 0. The molecule has 2 nitrogen and oxygen atoms in total. The third-order valence-corrected chi connectivity index (χ3v) is 5.77. The van der Waals surface area contributed by atoms with Crippen molar-refractivity contribution in [1.82, 2.24) is 0 Å². The predicted octanol–water partition coefficient (Wildman–Crippen LogP) is 3.64. The third kappa shape index (κ3) is 2.70. The SMILES string of the molecule is CCC(=O)C1O[C@@H]2C[C@H](C)CC[C@H]2C(C)(C)S1. The molecule has 1 saturated carbocycles. The first-order valence-corrected chi connectivity index (χ1v) is 7.68. The highest BCUT2D eigenvalue weighted by molar-refractivity contribution is 8.01. The Morgan fingerprint density at radius 1 is 1.41 bits per heavy atom. The summed E-state index contributed by atoms with van der Waals surface area (Å²) in [4.78, 5) is 11.9. The molecule has 1 aliphatic heterocycles. The van der Waals surface area contributed by atoms with E-state index in [0.29, 0.717) is 18.4 Å². The van der Waals surface area contributed by atoms with Gasteiger partial charge in [0.15, 0.2) is 11.2 Å². The van der Waals surface area contributed by atoms with E-state index in [1.54, 1.807) is 11.8 Å². The number of fused-ring (bicyclic) bond motifs is 1. The number of hydrogen-bond donors (Lipinski definition) is 0. The second kappa shape index (κ2) is 4.93. The van der Waals surface area contributed by atoms with Gasteiger partial charge in [-0.1, -0.05) is 34.1 Å². The maximum Gasteiger partial charge on any atom is 0.171 e. The summed E-state index contributed by atoms with van der Waals surface area (Å²) in [5, 5.41) is 0. The largest absolute Gasteiger partial charge is 0.356 e. The molecule has 0 amide bonds. The number of Topliss-reactive ketones (excluding diaryl/α,β-unsaturated/α-hetero) is 1. The van der Waals surface area contributed by atoms with Crippen LogP contribution in [0.15, 0.2) is 0 Å². The van der Waals surface area contributed by atoms with Gasteiger partial charge in [0, 0.05) is 11.2 Å². The third-order valence-electron chi connectivity index (χ3n) is 4.27. The number of carbonyl (C=O) groups is 1. The fraction of sp³-hybridized carbons (Fsp3) is 0.929. The van der Waals surface area contributed by atoms with Crippen LogP contribution in [-0.2, 0) is 9.53 Å². The molecule has 1 unspecified atom stereocenters. The second-order valence-electron chi connectivity index (χ2n) is 6.07. The molecule has 2 fully saturated rings. The number of carbonyl (C=O) groups excluding carboxylic acids is 1. The molecule has 3 heteroatoms. The number of ether oxygens (including phenoxy) is 1. The number of hydrogen-bond acceptors (Lipinski definition) is 3. The van der Waals surface area contributed by atoms with Gasteiger partial charge < -0.3 is 4.74 Å². The van der Waals surface area contributed by atoms with Crippen LogP contribution < -0.4 is 0 Å². The van der Waals surface area contributed by atoms with Crippen LogP contribution in [0, 0.1) is 11.8 Å². The zero-order valence-corrected chi connectivity index (χ0v) is 12.2. The standard InChI is InChI=1S/C14H24O2S/c1-5-11(15)13-16-12-8-9(2)6-7-10(12)14(3,4)17-13/h9-10,12-13H,5-8H2,1-4H3/t9-,10-,12-,13?/m1/s1. The van der Waals surface area contributed by atoms with E-state index < -0.39 is 0 Å². The number of rotatable bonds is 2. The molecule has 1 saturated heterocycles. The van der Waals surface area contributed by atoms with Crippen molar-refractivity contribution < 1.29 is 9.53 Å². The van der Waals surface area contributed by atoms with Crippen molar-refractivity contribution in [1.29, 1.82) is 0 Å². The first-order valence-electron chi connectivity index (χ1n) is 6.80. The first kappa shape index (κ1) is 13.4. The summed E-state index contributed by atoms with van der Waals surface area (Å²) < 4.78 is 6.24. The Kier molecular flexibility index (Phi) is 3.89. The quantitative estimate of drug-likeness (QED) is 0.754. The van der Waals surface area contributed by atoms with Crippen LogP contribution in [0.4, 0.5) is 0 Å². The summed E-state index contributed by atoms with van der Waals surface area (Å²) >= 11 is 1.74. The van der Waals surface area contributed by atoms with Crippen molar-refractivity contribution in [3.05, 3.63) is 0 Å². The van der Waals surface area contributed by atoms with Crippen molar-refractivity contribution in [2.75, 3.05) is 0 Å². The maximum absolute atomic E-state index is 11.9. The Hall–Kier alpha value is -0.0200. The van der Waals surface area contributed by atoms with Crippen molar-refractivity contribution in [3.63, 3.8) is 0 Å². The van der Waals surface area contributed by atoms with Crippen LogP contribution in [0.25, 0.3) is 0 Å². The van der Waals surface area contributed by atoms with Gasteiger partial charge in [0.1, 0.15) is 0 Å². The summed E-state index contributed by atoms with van der Waals surface area (Å²) in [5.74, 6) is 1.61. The van der Waals surface area contributed by atoms with Crippen LogP contribution in [-0.4, -0.2) is 22.1 Å². The van der Waals surface area contributed by atoms with E-state index in [1.165, 1.54) is 12.8 Å². The van der Waals surface area contributed by atoms with Crippen molar-refractivity contribution in [2.45, 2.75) is 69.7 Å². The van der Waals surface area contributed by atoms with Crippen LogP contribution in [0.3, 0.4) is 0 Å². The second-order valence-corrected chi connectivity index (χ2v) is 7.79. The minimum absolute atomic E-state index is 0.179. The highest BCUT2D eigenvalue weighted by Gasteiger charge is 2.47. The lowest BCUT2D eigenvalue weighted by molar-refractivity contribution is -0.133. The Balaban J connectivity index is 2.13. The Morgan fingerprint density at radius 2 is 2.12 bits per heavy atom. The molecule has 0 aromatic carbocycles. The summed E-state index contributed by atoms with van der Waals surface area (Å²) in [6.07, 6.45) is 4.57. The van der Waals surface area contributed by atoms with Gasteiger partial charge in [-0.3, -0.25) is 4.79 Å². The number of ketones is 1.